The quantitative estimate of drug-likeness (QED) is 0.504. The summed E-state index contributed by atoms with van der Waals surface area (Å²) in [5.41, 5.74) is 3.69. The summed E-state index contributed by atoms with van der Waals surface area (Å²) in [4.78, 5) is 30.8. The molecule has 0 radical (unpaired) electrons. The number of unbranched alkanes of at least 4 members (excludes halogenated alkanes) is 4. The topological polar surface area (TPSA) is 65.2 Å². The number of H-pyrrole nitrogens is 1. The van der Waals surface area contributed by atoms with Crippen LogP contribution in [-0.4, -0.2) is 34.8 Å². The highest BCUT2D eigenvalue weighted by Crippen LogP contribution is 2.40. The molecule has 1 aliphatic heterocycles. The van der Waals surface area contributed by atoms with Crippen LogP contribution in [0.15, 0.2) is 54.7 Å². The van der Waals surface area contributed by atoms with Gasteiger partial charge in [-0.05, 0) is 24.1 Å². The van der Waals surface area contributed by atoms with Gasteiger partial charge in [-0.25, -0.2) is 0 Å². The molecule has 0 unspecified atom stereocenters. The maximum Gasteiger partial charge on any atom is 0.255 e. The minimum absolute atomic E-state index is 0.0621. The van der Waals surface area contributed by atoms with Gasteiger partial charge in [0.15, 0.2) is 0 Å². The SMILES string of the molecule is CCCCCCCNC(=O)CN1C(=O)c2ccccc2[C@@H]1c1c[nH]c2ccccc12. The number of nitrogens with one attached hydrogen (secondary N) is 2. The van der Waals surface area contributed by atoms with Gasteiger partial charge in [0.05, 0.1) is 6.04 Å². The molecule has 2 N–H and O–H groups in total. The summed E-state index contributed by atoms with van der Waals surface area (Å²) >= 11 is 0. The molecule has 2 heterocycles. The second-order valence-electron chi connectivity index (χ2n) is 7.98. The number of aromatic nitrogens is 1. The van der Waals surface area contributed by atoms with Gasteiger partial charge >= 0.3 is 0 Å². The molecule has 156 valence electrons. The summed E-state index contributed by atoms with van der Waals surface area (Å²) in [6.45, 7) is 2.92. The fourth-order valence-electron chi connectivity index (χ4n) is 4.36. The van der Waals surface area contributed by atoms with Crippen molar-refractivity contribution in [2.75, 3.05) is 13.1 Å². The van der Waals surface area contributed by atoms with E-state index in [1.165, 1.54) is 19.3 Å². The van der Waals surface area contributed by atoms with E-state index >= 15 is 0 Å². The third kappa shape index (κ3) is 3.97. The lowest BCUT2D eigenvalue weighted by molar-refractivity contribution is -0.122. The maximum atomic E-state index is 13.2. The summed E-state index contributed by atoms with van der Waals surface area (Å²) in [5.74, 6) is -0.185. The van der Waals surface area contributed by atoms with Gasteiger partial charge < -0.3 is 15.2 Å². The monoisotopic (exact) mass is 403 g/mol. The summed E-state index contributed by atoms with van der Waals surface area (Å²) in [7, 11) is 0. The Morgan fingerprint density at radius 1 is 1.00 bits per heavy atom. The molecule has 5 nitrogen and oxygen atoms in total. The van der Waals surface area contributed by atoms with Crippen LogP contribution in [0.1, 0.15) is 66.6 Å². The van der Waals surface area contributed by atoms with Gasteiger partial charge in [0, 0.05) is 34.8 Å². The molecule has 0 bridgehead atoms. The molecule has 2 amide bonds. The molecule has 4 rings (SSSR count). The van der Waals surface area contributed by atoms with Gasteiger partial charge in [-0.3, -0.25) is 9.59 Å². The molecule has 0 fully saturated rings. The van der Waals surface area contributed by atoms with E-state index in [9.17, 15) is 9.59 Å². The molecular formula is C25H29N3O2. The van der Waals surface area contributed by atoms with Gasteiger partial charge in [0.1, 0.15) is 6.54 Å². The number of para-hydroxylation sites is 1. The van der Waals surface area contributed by atoms with Crippen molar-refractivity contribution >= 4 is 22.7 Å². The van der Waals surface area contributed by atoms with E-state index in [1.54, 1.807) is 4.90 Å². The number of benzene rings is 2. The average Bonchev–Trinajstić information content (AvgIpc) is 3.30. The number of carbonyl (C=O) groups excluding carboxylic acids is 2. The fraction of sp³-hybridized carbons (Fsp3) is 0.360. The minimum Gasteiger partial charge on any atom is -0.361 e. The van der Waals surface area contributed by atoms with Crippen molar-refractivity contribution in [3.05, 3.63) is 71.4 Å². The lowest BCUT2D eigenvalue weighted by Gasteiger charge is -2.25. The second kappa shape index (κ2) is 9.16. The Bertz CT molecular complexity index is 1040. The molecule has 0 spiro atoms. The van der Waals surface area contributed by atoms with Crippen LogP contribution in [0, 0.1) is 0 Å². The van der Waals surface area contributed by atoms with Crippen molar-refractivity contribution in [1.29, 1.82) is 0 Å². The predicted molar refractivity (Wildman–Crippen MR) is 119 cm³/mol. The van der Waals surface area contributed by atoms with Crippen molar-refractivity contribution in [1.82, 2.24) is 15.2 Å². The maximum absolute atomic E-state index is 13.2. The first-order valence-corrected chi connectivity index (χ1v) is 10.9. The average molecular weight is 404 g/mol. The normalized spacial score (nSPS) is 15.6. The van der Waals surface area contributed by atoms with Crippen LogP contribution >= 0.6 is 0 Å². The zero-order chi connectivity index (χ0) is 20.9. The number of amides is 2. The van der Waals surface area contributed by atoms with Gasteiger partial charge in [-0.1, -0.05) is 69.0 Å². The zero-order valence-corrected chi connectivity index (χ0v) is 17.5. The minimum atomic E-state index is -0.264. The van der Waals surface area contributed by atoms with Crippen molar-refractivity contribution in [3.8, 4) is 0 Å². The van der Waals surface area contributed by atoms with Crippen molar-refractivity contribution in [2.24, 2.45) is 0 Å². The molecule has 0 aliphatic carbocycles. The number of carbonyl (C=O) groups is 2. The van der Waals surface area contributed by atoms with Crippen LogP contribution in [0.4, 0.5) is 0 Å². The molecule has 2 aromatic carbocycles. The van der Waals surface area contributed by atoms with Crippen molar-refractivity contribution < 1.29 is 9.59 Å². The van der Waals surface area contributed by atoms with E-state index < -0.39 is 0 Å². The van der Waals surface area contributed by atoms with Gasteiger partial charge in [0.2, 0.25) is 5.91 Å². The summed E-state index contributed by atoms with van der Waals surface area (Å²) < 4.78 is 0. The summed E-state index contributed by atoms with van der Waals surface area (Å²) in [6.07, 6.45) is 7.71. The first kappa shape index (κ1) is 20.2. The number of aromatic amines is 1. The highest BCUT2D eigenvalue weighted by molar-refractivity contribution is 6.02. The van der Waals surface area contributed by atoms with E-state index in [0.717, 1.165) is 34.9 Å². The zero-order valence-electron chi connectivity index (χ0n) is 17.5. The predicted octanol–water partition coefficient (Wildman–Crippen LogP) is 4.80. The number of hydrogen-bond acceptors (Lipinski definition) is 2. The number of hydrogen-bond donors (Lipinski definition) is 2. The van der Waals surface area contributed by atoms with Crippen LogP contribution in [0.25, 0.3) is 10.9 Å². The number of fused-ring (bicyclic) bond motifs is 2. The molecule has 5 heteroatoms. The Morgan fingerprint density at radius 2 is 1.77 bits per heavy atom. The van der Waals surface area contributed by atoms with E-state index in [4.69, 9.17) is 0 Å². The molecule has 1 atom stereocenters. The molecule has 0 saturated carbocycles. The smallest absolute Gasteiger partial charge is 0.255 e. The Labute approximate surface area is 177 Å². The van der Waals surface area contributed by atoms with Crippen LogP contribution in [-0.2, 0) is 4.79 Å². The van der Waals surface area contributed by atoms with Crippen molar-refractivity contribution in [2.45, 2.75) is 45.1 Å². The van der Waals surface area contributed by atoms with Gasteiger partial charge in [-0.2, -0.15) is 0 Å². The fourth-order valence-corrected chi connectivity index (χ4v) is 4.36. The van der Waals surface area contributed by atoms with Crippen LogP contribution < -0.4 is 5.32 Å². The Balaban J connectivity index is 1.53. The van der Waals surface area contributed by atoms with Crippen LogP contribution in [0.2, 0.25) is 0 Å². The van der Waals surface area contributed by atoms with E-state index in [0.29, 0.717) is 12.1 Å². The Kier molecular flexibility index (Phi) is 6.17. The highest BCUT2D eigenvalue weighted by Gasteiger charge is 2.39. The molecule has 0 saturated heterocycles. The largest absolute Gasteiger partial charge is 0.361 e. The molecule has 1 aliphatic rings. The lowest BCUT2D eigenvalue weighted by Crippen LogP contribution is -2.39. The third-order valence-electron chi connectivity index (χ3n) is 5.89. The molecular weight excluding hydrogens is 374 g/mol. The summed E-state index contributed by atoms with van der Waals surface area (Å²) in [5, 5.41) is 4.07. The first-order chi connectivity index (χ1) is 14.7. The standard InChI is InChI=1S/C25H29N3O2/c1-2-3-4-5-10-15-26-23(29)17-28-24(19-12-6-7-13-20(19)25(28)30)21-16-27-22-14-9-8-11-18(21)22/h6-9,11-14,16,24,27H,2-5,10,15,17H2,1H3,(H,26,29)/t24-/m1/s1. The third-order valence-corrected chi connectivity index (χ3v) is 5.89. The van der Waals surface area contributed by atoms with E-state index in [-0.39, 0.29) is 24.4 Å². The molecule has 1 aromatic heterocycles. The highest BCUT2D eigenvalue weighted by atomic mass is 16.2. The number of rotatable bonds is 9. The van der Waals surface area contributed by atoms with Crippen LogP contribution in [0.3, 0.4) is 0 Å². The lowest BCUT2D eigenvalue weighted by atomic mass is 9.97. The van der Waals surface area contributed by atoms with Crippen LogP contribution in [0.5, 0.6) is 0 Å². The molecule has 30 heavy (non-hydrogen) atoms. The van der Waals surface area contributed by atoms with E-state index in [1.807, 2.05) is 48.7 Å². The van der Waals surface area contributed by atoms with E-state index in [2.05, 4.69) is 23.3 Å². The second-order valence-corrected chi connectivity index (χ2v) is 7.98. The number of nitrogens with zero attached hydrogens (tertiary/aromatic N) is 1. The Morgan fingerprint density at radius 3 is 2.63 bits per heavy atom. The Hall–Kier alpha value is -3.08. The van der Waals surface area contributed by atoms with Crippen molar-refractivity contribution in [3.63, 3.8) is 0 Å². The summed E-state index contributed by atoms with van der Waals surface area (Å²) in [6, 6.07) is 15.5. The van der Waals surface area contributed by atoms with Gasteiger partial charge in [-0.15, -0.1) is 0 Å². The first-order valence-electron chi connectivity index (χ1n) is 10.9. The molecule has 3 aromatic rings. The van der Waals surface area contributed by atoms with Gasteiger partial charge in [0.25, 0.3) is 5.91 Å².